The van der Waals surface area contributed by atoms with E-state index in [4.69, 9.17) is 0 Å². The van der Waals surface area contributed by atoms with E-state index in [1.807, 2.05) is 0 Å². The molecule has 0 unspecified atom stereocenters. The molecule has 0 radical (unpaired) electrons. The summed E-state index contributed by atoms with van der Waals surface area (Å²) in [7, 11) is -1.80. The van der Waals surface area contributed by atoms with Crippen molar-refractivity contribution in [3.63, 3.8) is 0 Å². The monoisotopic (exact) mass is 402 g/mol. The topological polar surface area (TPSA) is 75.3 Å². The number of allylic oxidation sites excluding steroid dienone is 2. The van der Waals surface area contributed by atoms with Gasteiger partial charge in [0.1, 0.15) is 0 Å². The third-order valence-electron chi connectivity index (χ3n) is 4.56. The number of carbonyl (C=O) groups is 1. The van der Waals surface area contributed by atoms with Crippen molar-refractivity contribution in [2.24, 2.45) is 0 Å². The molecule has 0 rings (SSSR count). The minimum atomic E-state index is -3.48. The van der Waals surface area contributed by atoms with Crippen LogP contribution in [0, 0.1) is 0 Å². The zero-order valence-corrected chi connectivity index (χ0v) is 18.4. The Morgan fingerprint density at radius 2 is 1.33 bits per heavy atom. The first-order chi connectivity index (χ1) is 13.0. The van der Waals surface area contributed by atoms with Crippen molar-refractivity contribution in [2.45, 2.75) is 96.8 Å². The molecule has 0 aromatic rings. The van der Waals surface area contributed by atoms with Crippen LogP contribution in [0.15, 0.2) is 12.2 Å². The van der Waals surface area contributed by atoms with E-state index >= 15 is 0 Å². The third-order valence-corrected chi connectivity index (χ3v) is 5.84. The Balaban J connectivity index is 3.42. The van der Waals surface area contributed by atoms with Crippen LogP contribution < -0.4 is 10.0 Å². The quantitative estimate of drug-likeness (QED) is 0.243. The van der Waals surface area contributed by atoms with E-state index in [1.54, 1.807) is 7.05 Å². The molecule has 0 saturated heterocycles. The van der Waals surface area contributed by atoms with Gasteiger partial charge in [-0.1, -0.05) is 70.4 Å². The number of unbranched alkanes of at least 4 members (excludes halogenated alkanes) is 11. The van der Waals surface area contributed by atoms with Gasteiger partial charge in [0.2, 0.25) is 15.9 Å². The highest BCUT2D eigenvalue weighted by atomic mass is 32.2. The number of sulfonamides is 1. The number of nitrogens with one attached hydrogen (secondary N) is 2. The van der Waals surface area contributed by atoms with Crippen LogP contribution in [0.3, 0.4) is 0 Å². The summed E-state index contributed by atoms with van der Waals surface area (Å²) in [5.41, 5.74) is 0. The SMILES string of the molecule is CCCCCCCC/C=C\CCCCCCCC(=O)NS(=O)(=O)CCNC. The van der Waals surface area contributed by atoms with Crippen molar-refractivity contribution >= 4 is 15.9 Å². The molecule has 0 aliphatic carbocycles. The molecular formula is C21H42N2O3S. The van der Waals surface area contributed by atoms with E-state index in [1.165, 1.54) is 57.8 Å². The van der Waals surface area contributed by atoms with Gasteiger partial charge in [0.15, 0.2) is 0 Å². The Labute approximate surface area is 167 Å². The van der Waals surface area contributed by atoms with Gasteiger partial charge in [-0.15, -0.1) is 0 Å². The summed E-state index contributed by atoms with van der Waals surface area (Å²) in [6.45, 7) is 2.59. The summed E-state index contributed by atoms with van der Waals surface area (Å²) in [5, 5.41) is 2.76. The van der Waals surface area contributed by atoms with Crippen LogP contribution in [0.25, 0.3) is 0 Å². The van der Waals surface area contributed by atoms with Gasteiger partial charge < -0.3 is 5.32 Å². The lowest BCUT2D eigenvalue weighted by Crippen LogP contribution is -2.35. The van der Waals surface area contributed by atoms with Gasteiger partial charge in [-0.3, -0.25) is 9.52 Å². The highest BCUT2D eigenvalue weighted by molar-refractivity contribution is 7.90. The molecule has 0 aliphatic rings. The predicted molar refractivity (Wildman–Crippen MR) is 115 cm³/mol. The molecule has 0 fully saturated rings. The van der Waals surface area contributed by atoms with Gasteiger partial charge in [-0.25, -0.2) is 8.42 Å². The van der Waals surface area contributed by atoms with E-state index in [0.29, 0.717) is 6.54 Å². The van der Waals surface area contributed by atoms with Crippen molar-refractivity contribution < 1.29 is 13.2 Å². The number of hydrogen-bond donors (Lipinski definition) is 2. The van der Waals surface area contributed by atoms with E-state index in [0.717, 1.165) is 25.7 Å². The second kappa shape index (κ2) is 18.5. The van der Waals surface area contributed by atoms with Crippen molar-refractivity contribution in [1.82, 2.24) is 10.0 Å². The van der Waals surface area contributed by atoms with Crippen LogP contribution in [0.4, 0.5) is 0 Å². The molecule has 1 amide bonds. The van der Waals surface area contributed by atoms with Crippen molar-refractivity contribution in [2.75, 3.05) is 19.3 Å². The van der Waals surface area contributed by atoms with Gasteiger partial charge in [0, 0.05) is 13.0 Å². The average molecular weight is 403 g/mol. The first-order valence-corrected chi connectivity index (χ1v) is 12.5. The van der Waals surface area contributed by atoms with Crippen LogP contribution >= 0.6 is 0 Å². The van der Waals surface area contributed by atoms with Gasteiger partial charge in [-0.05, 0) is 39.2 Å². The summed E-state index contributed by atoms with van der Waals surface area (Å²) in [4.78, 5) is 11.6. The first-order valence-electron chi connectivity index (χ1n) is 10.8. The maximum absolute atomic E-state index is 11.6. The average Bonchev–Trinajstić information content (AvgIpc) is 2.63. The minimum Gasteiger partial charge on any atom is -0.319 e. The lowest BCUT2D eigenvalue weighted by atomic mass is 10.1. The van der Waals surface area contributed by atoms with Gasteiger partial charge in [0.25, 0.3) is 0 Å². The molecule has 0 heterocycles. The number of rotatable bonds is 19. The second-order valence-corrected chi connectivity index (χ2v) is 9.12. The predicted octanol–water partition coefficient (Wildman–Crippen LogP) is 4.69. The summed E-state index contributed by atoms with van der Waals surface area (Å²) < 4.78 is 25.3. The highest BCUT2D eigenvalue weighted by Gasteiger charge is 2.13. The van der Waals surface area contributed by atoms with Crippen LogP contribution in [-0.4, -0.2) is 33.7 Å². The standard InChI is InChI=1S/C21H42N2O3S/c1-3-4-5-6-7-8-9-10-11-12-13-14-15-16-17-18-21(24)23-27(25,26)20-19-22-2/h10-11,22H,3-9,12-20H2,1-2H3,(H,23,24)/b11-10-. The Morgan fingerprint density at radius 3 is 1.89 bits per heavy atom. The zero-order valence-electron chi connectivity index (χ0n) is 17.6. The Morgan fingerprint density at radius 1 is 0.815 bits per heavy atom. The number of hydrogen-bond acceptors (Lipinski definition) is 4. The molecule has 0 bridgehead atoms. The van der Waals surface area contributed by atoms with E-state index in [2.05, 4.69) is 29.1 Å². The highest BCUT2D eigenvalue weighted by Crippen LogP contribution is 2.10. The normalized spacial score (nSPS) is 11.9. The van der Waals surface area contributed by atoms with Crippen LogP contribution in [0.2, 0.25) is 0 Å². The molecule has 27 heavy (non-hydrogen) atoms. The lowest BCUT2D eigenvalue weighted by Gasteiger charge is -2.06. The van der Waals surface area contributed by atoms with E-state index < -0.39 is 10.0 Å². The fourth-order valence-electron chi connectivity index (χ4n) is 2.87. The number of carbonyl (C=O) groups excluding carboxylic acids is 1. The van der Waals surface area contributed by atoms with Crippen LogP contribution in [0.1, 0.15) is 96.8 Å². The largest absolute Gasteiger partial charge is 0.319 e. The van der Waals surface area contributed by atoms with Gasteiger partial charge in [-0.2, -0.15) is 0 Å². The first kappa shape index (κ1) is 26.1. The van der Waals surface area contributed by atoms with E-state index in [9.17, 15) is 13.2 Å². The summed E-state index contributed by atoms with van der Waals surface area (Å²) in [6, 6.07) is 0. The zero-order chi connectivity index (χ0) is 20.2. The van der Waals surface area contributed by atoms with Crippen molar-refractivity contribution in [3.8, 4) is 0 Å². The van der Waals surface area contributed by atoms with E-state index in [-0.39, 0.29) is 18.1 Å². The lowest BCUT2D eigenvalue weighted by molar-refractivity contribution is -0.119. The molecule has 0 aromatic heterocycles. The van der Waals surface area contributed by atoms with Crippen molar-refractivity contribution in [3.05, 3.63) is 12.2 Å². The second-order valence-electron chi connectivity index (χ2n) is 7.28. The summed E-state index contributed by atoms with van der Waals surface area (Å²) in [6.07, 6.45) is 20.6. The number of amides is 1. The summed E-state index contributed by atoms with van der Waals surface area (Å²) in [5.74, 6) is -0.453. The van der Waals surface area contributed by atoms with Crippen molar-refractivity contribution in [1.29, 1.82) is 0 Å². The minimum absolute atomic E-state index is 0.0678. The van der Waals surface area contributed by atoms with Crippen LogP contribution in [0.5, 0.6) is 0 Å². The Hall–Kier alpha value is -0.880. The fourth-order valence-corrected chi connectivity index (χ4v) is 3.89. The molecule has 0 aliphatic heterocycles. The maximum Gasteiger partial charge on any atom is 0.236 e. The third kappa shape index (κ3) is 19.7. The molecule has 0 aromatic carbocycles. The Kier molecular flexibility index (Phi) is 17.9. The smallest absolute Gasteiger partial charge is 0.236 e. The molecule has 0 atom stereocenters. The van der Waals surface area contributed by atoms with Gasteiger partial charge >= 0.3 is 0 Å². The molecule has 0 saturated carbocycles. The summed E-state index contributed by atoms with van der Waals surface area (Å²) >= 11 is 0. The maximum atomic E-state index is 11.6. The molecular weight excluding hydrogens is 360 g/mol. The molecule has 160 valence electrons. The van der Waals surface area contributed by atoms with Gasteiger partial charge in [0.05, 0.1) is 5.75 Å². The molecule has 6 heteroatoms. The fraction of sp³-hybridized carbons (Fsp3) is 0.857. The van der Waals surface area contributed by atoms with Crippen LogP contribution in [-0.2, 0) is 14.8 Å². The molecule has 2 N–H and O–H groups in total. The molecule has 5 nitrogen and oxygen atoms in total. The molecule has 0 spiro atoms. The Bertz CT molecular complexity index is 476.